The van der Waals surface area contributed by atoms with Crippen molar-refractivity contribution in [3.63, 3.8) is 0 Å². The van der Waals surface area contributed by atoms with Crippen LogP contribution in [0.4, 0.5) is 5.69 Å². The Morgan fingerprint density at radius 2 is 2.12 bits per heavy atom. The minimum Gasteiger partial charge on any atom is -0.329 e. The van der Waals surface area contributed by atoms with Gasteiger partial charge >= 0.3 is 0 Å². The Hall–Kier alpha value is -1.42. The second kappa shape index (κ2) is 4.45. The molecule has 2 rings (SSSR count). The molecule has 2 N–H and O–H groups in total. The number of carbonyl (C=O) groups is 1. The zero-order valence-corrected chi connectivity index (χ0v) is 10.4. The molecule has 1 fully saturated rings. The van der Waals surface area contributed by atoms with E-state index in [0.29, 0.717) is 12.5 Å². The van der Waals surface area contributed by atoms with Crippen molar-refractivity contribution in [3.8, 4) is 0 Å². The summed E-state index contributed by atoms with van der Waals surface area (Å²) in [5, 5.41) is 0. The van der Waals surface area contributed by atoms with E-state index in [4.69, 9.17) is 5.73 Å². The predicted octanol–water partition coefficient (Wildman–Crippen LogP) is 1.42. The monoisotopic (exact) mass is 233 g/mol. The van der Waals surface area contributed by atoms with Crippen LogP contribution in [-0.2, 0) is 4.79 Å². The first kappa shape index (κ1) is 12.0. The van der Waals surface area contributed by atoms with Gasteiger partial charge in [0, 0.05) is 31.7 Å². The van der Waals surface area contributed by atoms with Crippen LogP contribution in [-0.4, -0.2) is 24.5 Å². The molecule has 92 valence electrons. The molecule has 0 bridgehead atoms. The van der Waals surface area contributed by atoms with Crippen LogP contribution in [0.5, 0.6) is 0 Å². The lowest BCUT2D eigenvalue weighted by molar-refractivity contribution is -0.134. The number of pyridine rings is 1. The normalized spacial score (nSPS) is 27.4. The summed E-state index contributed by atoms with van der Waals surface area (Å²) < 4.78 is 0. The lowest BCUT2D eigenvalue weighted by Crippen LogP contribution is -2.54. The number of hydrogen-bond acceptors (Lipinski definition) is 3. The van der Waals surface area contributed by atoms with Crippen LogP contribution in [0.2, 0.25) is 0 Å². The Kier molecular flexibility index (Phi) is 3.15. The number of rotatable bonds is 3. The molecule has 0 spiro atoms. The van der Waals surface area contributed by atoms with E-state index in [-0.39, 0.29) is 11.3 Å². The third-order valence-corrected chi connectivity index (χ3v) is 3.68. The lowest BCUT2D eigenvalue weighted by atomic mass is 9.62. The van der Waals surface area contributed by atoms with E-state index in [0.717, 1.165) is 18.5 Å². The molecule has 0 saturated heterocycles. The number of carbonyl (C=O) groups excluding carboxylic acids is 1. The first-order chi connectivity index (χ1) is 8.09. The van der Waals surface area contributed by atoms with E-state index in [2.05, 4.69) is 11.9 Å². The fourth-order valence-corrected chi connectivity index (χ4v) is 2.74. The number of hydrogen-bond donors (Lipinski definition) is 1. The summed E-state index contributed by atoms with van der Waals surface area (Å²) in [5.41, 5.74) is 6.32. The number of nitrogens with zero attached hydrogens (tertiary/aromatic N) is 2. The molecular formula is C13H19N3O. The van der Waals surface area contributed by atoms with Gasteiger partial charge in [0.15, 0.2) is 0 Å². The summed E-state index contributed by atoms with van der Waals surface area (Å²) >= 11 is 0. The van der Waals surface area contributed by atoms with Gasteiger partial charge in [-0.15, -0.1) is 0 Å². The van der Waals surface area contributed by atoms with Crippen LogP contribution in [0.25, 0.3) is 0 Å². The van der Waals surface area contributed by atoms with Gasteiger partial charge in [-0.2, -0.15) is 0 Å². The Bertz CT molecular complexity index is 398. The molecule has 17 heavy (non-hydrogen) atoms. The van der Waals surface area contributed by atoms with Gasteiger partial charge in [0.25, 0.3) is 0 Å². The average molecular weight is 233 g/mol. The van der Waals surface area contributed by atoms with Crippen LogP contribution in [0.15, 0.2) is 24.5 Å². The highest BCUT2D eigenvalue weighted by Gasteiger charge is 2.48. The molecule has 1 aromatic heterocycles. The zero-order chi connectivity index (χ0) is 12.5. The van der Waals surface area contributed by atoms with Gasteiger partial charge < -0.3 is 10.6 Å². The van der Waals surface area contributed by atoms with Gasteiger partial charge in [-0.1, -0.05) is 6.92 Å². The van der Waals surface area contributed by atoms with Crippen molar-refractivity contribution in [2.75, 3.05) is 18.5 Å². The van der Waals surface area contributed by atoms with Crippen molar-refractivity contribution in [3.05, 3.63) is 24.5 Å². The maximum atomic E-state index is 12.4. The van der Waals surface area contributed by atoms with Crippen LogP contribution < -0.4 is 10.6 Å². The van der Waals surface area contributed by atoms with E-state index in [1.807, 2.05) is 12.1 Å². The molecule has 1 heterocycles. The van der Waals surface area contributed by atoms with Crippen molar-refractivity contribution in [2.24, 2.45) is 17.1 Å². The highest BCUT2D eigenvalue weighted by atomic mass is 16.2. The fourth-order valence-electron chi connectivity index (χ4n) is 2.74. The van der Waals surface area contributed by atoms with Crippen LogP contribution in [0.1, 0.15) is 19.8 Å². The van der Waals surface area contributed by atoms with Gasteiger partial charge in [0.2, 0.25) is 5.91 Å². The molecule has 1 amide bonds. The molecule has 4 heteroatoms. The first-order valence-corrected chi connectivity index (χ1v) is 5.97. The van der Waals surface area contributed by atoms with Crippen molar-refractivity contribution in [2.45, 2.75) is 19.8 Å². The Morgan fingerprint density at radius 1 is 1.53 bits per heavy atom. The zero-order valence-electron chi connectivity index (χ0n) is 10.4. The largest absolute Gasteiger partial charge is 0.329 e. The van der Waals surface area contributed by atoms with E-state index >= 15 is 0 Å². The van der Waals surface area contributed by atoms with Gasteiger partial charge in [-0.3, -0.25) is 9.78 Å². The van der Waals surface area contributed by atoms with Crippen molar-refractivity contribution >= 4 is 11.6 Å². The second-order valence-corrected chi connectivity index (χ2v) is 5.07. The topological polar surface area (TPSA) is 59.2 Å². The van der Waals surface area contributed by atoms with Crippen molar-refractivity contribution in [1.82, 2.24) is 4.98 Å². The van der Waals surface area contributed by atoms with Crippen molar-refractivity contribution in [1.29, 1.82) is 0 Å². The quantitative estimate of drug-likeness (QED) is 0.859. The summed E-state index contributed by atoms with van der Waals surface area (Å²) in [4.78, 5) is 18.1. The van der Waals surface area contributed by atoms with E-state index in [1.54, 1.807) is 24.3 Å². The first-order valence-electron chi connectivity index (χ1n) is 5.97. The average Bonchev–Trinajstić information content (AvgIpc) is 2.34. The van der Waals surface area contributed by atoms with Crippen molar-refractivity contribution < 1.29 is 4.79 Å². The summed E-state index contributed by atoms with van der Waals surface area (Å²) in [6.07, 6.45) is 5.19. The summed E-state index contributed by atoms with van der Waals surface area (Å²) in [7, 11) is 1.80. The Labute approximate surface area is 102 Å². The van der Waals surface area contributed by atoms with E-state index in [1.165, 1.54) is 0 Å². The van der Waals surface area contributed by atoms with E-state index < -0.39 is 0 Å². The number of aromatic nitrogens is 1. The molecule has 1 aromatic rings. The molecule has 1 saturated carbocycles. The molecule has 1 aliphatic rings. The maximum Gasteiger partial charge on any atom is 0.234 e. The molecular weight excluding hydrogens is 214 g/mol. The number of amides is 1. The molecule has 0 unspecified atom stereocenters. The molecule has 1 aliphatic carbocycles. The number of nitrogens with two attached hydrogens (primary N) is 1. The summed E-state index contributed by atoms with van der Waals surface area (Å²) in [5.74, 6) is 0.734. The Morgan fingerprint density at radius 3 is 2.59 bits per heavy atom. The molecule has 4 nitrogen and oxygen atoms in total. The van der Waals surface area contributed by atoms with Gasteiger partial charge in [0.1, 0.15) is 0 Å². The fraction of sp³-hybridized carbons (Fsp3) is 0.538. The van der Waals surface area contributed by atoms with Gasteiger partial charge in [-0.25, -0.2) is 0 Å². The van der Waals surface area contributed by atoms with Gasteiger partial charge in [-0.05, 0) is 30.9 Å². The van der Waals surface area contributed by atoms with Crippen LogP contribution in [0, 0.1) is 11.3 Å². The minimum atomic E-state index is -0.336. The SMILES string of the molecule is CC1CC(CN)(C(=O)N(C)c2ccncc2)C1. The predicted molar refractivity (Wildman–Crippen MR) is 67.5 cm³/mol. The molecule has 0 radical (unpaired) electrons. The summed E-state index contributed by atoms with van der Waals surface area (Å²) in [6, 6.07) is 3.68. The van der Waals surface area contributed by atoms with Crippen LogP contribution in [0.3, 0.4) is 0 Å². The third kappa shape index (κ3) is 2.05. The number of anilines is 1. The summed E-state index contributed by atoms with van der Waals surface area (Å²) in [6.45, 7) is 2.60. The van der Waals surface area contributed by atoms with Crippen LogP contribution >= 0.6 is 0 Å². The molecule has 0 atom stereocenters. The smallest absolute Gasteiger partial charge is 0.234 e. The van der Waals surface area contributed by atoms with Gasteiger partial charge in [0.05, 0.1) is 5.41 Å². The maximum absolute atomic E-state index is 12.4. The lowest BCUT2D eigenvalue weighted by Gasteiger charge is -2.46. The standard InChI is InChI=1S/C13H19N3O/c1-10-7-13(8-10,9-14)12(17)16(2)11-3-5-15-6-4-11/h3-6,10H,7-9,14H2,1-2H3. The highest BCUT2D eigenvalue weighted by molar-refractivity contribution is 5.97. The highest BCUT2D eigenvalue weighted by Crippen LogP contribution is 2.46. The molecule has 0 aliphatic heterocycles. The Balaban J connectivity index is 2.15. The minimum absolute atomic E-state index is 0.129. The molecule has 0 aromatic carbocycles. The third-order valence-electron chi connectivity index (χ3n) is 3.68. The van der Waals surface area contributed by atoms with E-state index in [9.17, 15) is 4.79 Å². The second-order valence-electron chi connectivity index (χ2n) is 5.07.